The highest BCUT2D eigenvalue weighted by Crippen LogP contribution is 2.24. The van der Waals surface area contributed by atoms with Gasteiger partial charge in [0.2, 0.25) is 0 Å². The molecule has 0 saturated carbocycles. The average Bonchev–Trinajstić information content (AvgIpc) is 2.27. The first-order valence-corrected chi connectivity index (χ1v) is 4.77. The van der Waals surface area contributed by atoms with Crippen LogP contribution in [0, 0.1) is 6.92 Å². The van der Waals surface area contributed by atoms with Crippen LogP contribution in [0.3, 0.4) is 0 Å². The summed E-state index contributed by atoms with van der Waals surface area (Å²) in [6.07, 6.45) is 1.28. The van der Waals surface area contributed by atoms with E-state index < -0.39 is 5.97 Å². The molecule has 0 aliphatic rings. The summed E-state index contributed by atoms with van der Waals surface area (Å²) < 4.78 is 5.16. The Balaban J connectivity index is 2.66. The number of ether oxygens (including phenoxy) is 1. The van der Waals surface area contributed by atoms with Gasteiger partial charge in [0.1, 0.15) is 5.75 Å². The monoisotopic (exact) mass is 216 g/mol. The lowest BCUT2D eigenvalue weighted by Crippen LogP contribution is -2.22. The maximum Gasteiger partial charge on any atom is 0.123 e. The Labute approximate surface area is 92.5 Å². The molecule has 0 amide bonds. The van der Waals surface area contributed by atoms with Gasteiger partial charge >= 0.3 is 0 Å². The lowest BCUT2D eigenvalue weighted by atomic mass is 10.1. The number of carbonyl (C=O) groups is 1. The number of benzene rings is 1. The third kappa shape index (κ3) is 1.69. The van der Waals surface area contributed by atoms with Crippen molar-refractivity contribution < 1.29 is 14.6 Å². The zero-order chi connectivity index (χ0) is 11.7. The second-order valence-electron chi connectivity index (χ2n) is 3.53. The van der Waals surface area contributed by atoms with Crippen LogP contribution < -0.4 is 9.84 Å². The fourth-order valence-electron chi connectivity index (χ4n) is 1.60. The Morgan fingerprint density at radius 2 is 2.12 bits per heavy atom. The van der Waals surface area contributed by atoms with Gasteiger partial charge in [-0.25, -0.2) is 0 Å². The molecule has 16 heavy (non-hydrogen) atoms. The Bertz CT molecular complexity index is 563. The van der Waals surface area contributed by atoms with Gasteiger partial charge in [-0.05, 0) is 24.6 Å². The van der Waals surface area contributed by atoms with E-state index in [0.29, 0.717) is 5.52 Å². The Morgan fingerprint density at radius 3 is 2.75 bits per heavy atom. The van der Waals surface area contributed by atoms with Crippen LogP contribution in [0.5, 0.6) is 5.75 Å². The number of carboxylic acid groups (broad SMARTS) is 1. The summed E-state index contributed by atoms with van der Waals surface area (Å²) in [7, 11) is 1.59. The lowest BCUT2D eigenvalue weighted by molar-refractivity contribution is -0.255. The van der Waals surface area contributed by atoms with Crippen molar-refractivity contribution in [1.82, 2.24) is 4.98 Å². The highest BCUT2D eigenvalue weighted by atomic mass is 16.5. The summed E-state index contributed by atoms with van der Waals surface area (Å²) in [4.78, 5) is 14.7. The van der Waals surface area contributed by atoms with E-state index in [1.807, 2.05) is 13.0 Å². The van der Waals surface area contributed by atoms with Crippen LogP contribution in [0.25, 0.3) is 10.9 Å². The minimum Gasteiger partial charge on any atom is -0.545 e. The Kier molecular flexibility index (Phi) is 2.48. The van der Waals surface area contributed by atoms with Gasteiger partial charge in [0.05, 0.1) is 18.6 Å². The van der Waals surface area contributed by atoms with Crippen LogP contribution in [0.2, 0.25) is 0 Å². The van der Waals surface area contributed by atoms with E-state index in [1.165, 1.54) is 6.20 Å². The van der Waals surface area contributed by atoms with Crippen LogP contribution in [0.15, 0.2) is 24.4 Å². The first kappa shape index (κ1) is 10.4. The second-order valence-corrected chi connectivity index (χ2v) is 3.53. The summed E-state index contributed by atoms with van der Waals surface area (Å²) in [5, 5.41) is 11.4. The summed E-state index contributed by atoms with van der Waals surface area (Å²) in [6, 6.07) is 5.17. The largest absolute Gasteiger partial charge is 0.545 e. The smallest absolute Gasteiger partial charge is 0.123 e. The summed E-state index contributed by atoms with van der Waals surface area (Å²) in [5.74, 6) is -0.482. The Hall–Kier alpha value is -2.10. The molecule has 0 N–H and O–H groups in total. The number of nitrogens with zero attached hydrogens (tertiary/aromatic N) is 1. The fourth-order valence-corrected chi connectivity index (χ4v) is 1.60. The van der Waals surface area contributed by atoms with E-state index >= 15 is 0 Å². The van der Waals surface area contributed by atoms with E-state index in [9.17, 15) is 9.90 Å². The van der Waals surface area contributed by atoms with Gasteiger partial charge in [0, 0.05) is 23.2 Å². The highest BCUT2D eigenvalue weighted by molar-refractivity contribution is 5.91. The molecule has 82 valence electrons. The van der Waals surface area contributed by atoms with Crippen molar-refractivity contribution in [2.24, 2.45) is 0 Å². The van der Waals surface area contributed by atoms with Crippen molar-refractivity contribution in [3.63, 3.8) is 0 Å². The molecule has 2 aromatic rings. The minimum absolute atomic E-state index is 0.0806. The van der Waals surface area contributed by atoms with Gasteiger partial charge in [0.15, 0.2) is 0 Å². The van der Waals surface area contributed by atoms with E-state index in [4.69, 9.17) is 4.74 Å². The van der Waals surface area contributed by atoms with Crippen molar-refractivity contribution in [3.05, 3.63) is 35.5 Å². The third-order valence-corrected chi connectivity index (χ3v) is 2.43. The van der Waals surface area contributed by atoms with Crippen molar-refractivity contribution >= 4 is 16.9 Å². The highest BCUT2D eigenvalue weighted by Gasteiger charge is 2.04. The van der Waals surface area contributed by atoms with Gasteiger partial charge in [-0.3, -0.25) is 4.98 Å². The molecule has 0 radical (unpaired) electrons. The van der Waals surface area contributed by atoms with Crippen LogP contribution in [0.1, 0.15) is 15.9 Å². The molecule has 1 heterocycles. The van der Waals surface area contributed by atoms with E-state index in [1.54, 1.807) is 19.2 Å². The average molecular weight is 216 g/mol. The number of hydrogen-bond donors (Lipinski definition) is 0. The van der Waals surface area contributed by atoms with E-state index in [0.717, 1.165) is 16.7 Å². The zero-order valence-corrected chi connectivity index (χ0v) is 8.98. The van der Waals surface area contributed by atoms with Gasteiger partial charge in [0.25, 0.3) is 0 Å². The first-order valence-electron chi connectivity index (χ1n) is 4.77. The predicted octanol–water partition coefficient (Wildman–Crippen LogP) is 0.915. The minimum atomic E-state index is -1.22. The number of aromatic carboxylic acids is 1. The number of fused-ring (bicyclic) bond motifs is 1. The fraction of sp³-hybridized carbons (Fsp3) is 0.167. The molecule has 0 fully saturated rings. The number of pyridine rings is 1. The molecule has 0 atom stereocenters. The first-order chi connectivity index (χ1) is 7.61. The quantitative estimate of drug-likeness (QED) is 0.748. The predicted molar refractivity (Wildman–Crippen MR) is 57.4 cm³/mol. The molecule has 0 saturated heterocycles. The molecule has 0 bridgehead atoms. The van der Waals surface area contributed by atoms with Crippen LogP contribution in [0.4, 0.5) is 0 Å². The molecular formula is C12H10NO3-. The number of rotatable bonds is 2. The van der Waals surface area contributed by atoms with E-state index in [2.05, 4.69) is 4.98 Å². The number of aromatic nitrogens is 1. The molecule has 1 aromatic carbocycles. The lowest BCUT2D eigenvalue weighted by Gasteiger charge is -2.08. The molecule has 2 rings (SSSR count). The molecule has 0 aliphatic heterocycles. The SMILES string of the molecule is COc1cc2ncc(C(=O)[O-])cc2cc1C. The molecule has 0 unspecified atom stereocenters. The summed E-state index contributed by atoms with van der Waals surface area (Å²) in [6.45, 7) is 1.89. The maximum atomic E-state index is 10.7. The molecule has 0 spiro atoms. The molecule has 0 aliphatic carbocycles. The van der Waals surface area contributed by atoms with Crippen molar-refractivity contribution in [1.29, 1.82) is 0 Å². The van der Waals surface area contributed by atoms with Gasteiger partial charge in [-0.2, -0.15) is 0 Å². The Morgan fingerprint density at radius 1 is 1.38 bits per heavy atom. The van der Waals surface area contributed by atoms with Crippen molar-refractivity contribution in [3.8, 4) is 5.75 Å². The number of carboxylic acids is 1. The summed E-state index contributed by atoms with van der Waals surface area (Å²) in [5.41, 5.74) is 1.72. The van der Waals surface area contributed by atoms with Crippen LogP contribution in [-0.4, -0.2) is 18.1 Å². The molecular weight excluding hydrogens is 206 g/mol. The molecule has 4 nitrogen and oxygen atoms in total. The summed E-state index contributed by atoms with van der Waals surface area (Å²) >= 11 is 0. The zero-order valence-electron chi connectivity index (χ0n) is 8.98. The number of aryl methyl sites for hydroxylation is 1. The number of hydrogen-bond acceptors (Lipinski definition) is 4. The van der Waals surface area contributed by atoms with Crippen LogP contribution >= 0.6 is 0 Å². The maximum absolute atomic E-state index is 10.7. The van der Waals surface area contributed by atoms with Gasteiger partial charge < -0.3 is 14.6 Å². The van der Waals surface area contributed by atoms with Gasteiger partial charge in [-0.1, -0.05) is 0 Å². The van der Waals surface area contributed by atoms with Crippen LogP contribution in [-0.2, 0) is 0 Å². The molecule has 4 heteroatoms. The second kappa shape index (κ2) is 3.81. The van der Waals surface area contributed by atoms with E-state index in [-0.39, 0.29) is 5.56 Å². The molecule has 1 aromatic heterocycles. The van der Waals surface area contributed by atoms with Crippen molar-refractivity contribution in [2.75, 3.05) is 7.11 Å². The third-order valence-electron chi connectivity index (χ3n) is 2.43. The number of carbonyl (C=O) groups excluding carboxylic acids is 1. The normalized spacial score (nSPS) is 10.4. The topological polar surface area (TPSA) is 62.2 Å². The number of methoxy groups -OCH3 is 1. The van der Waals surface area contributed by atoms with Gasteiger partial charge in [-0.15, -0.1) is 0 Å². The standard InChI is InChI=1S/C12H11NO3/c1-7-3-8-4-9(12(14)15)6-13-10(8)5-11(7)16-2/h3-6H,1-2H3,(H,14,15)/p-1. The van der Waals surface area contributed by atoms with Crippen molar-refractivity contribution in [2.45, 2.75) is 6.92 Å².